The third kappa shape index (κ3) is 3.96. The Balaban J connectivity index is 2.67. The van der Waals surface area contributed by atoms with Gasteiger partial charge in [-0.1, -0.05) is 24.2 Å². The Hall–Kier alpha value is -1.75. The van der Waals surface area contributed by atoms with E-state index in [1.54, 1.807) is 12.1 Å². The molecule has 5 nitrogen and oxygen atoms in total. The highest BCUT2D eigenvalue weighted by Crippen LogP contribution is 2.15. The van der Waals surface area contributed by atoms with E-state index in [0.717, 1.165) is 5.56 Å². The Morgan fingerprint density at radius 1 is 1.41 bits per heavy atom. The van der Waals surface area contributed by atoms with Crippen molar-refractivity contribution in [1.82, 2.24) is 0 Å². The van der Waals surface area contributed by atoms with E-state index in [9.17, 15) is 0 Å². The van der Waals surface area contributed by atoms with Crippen LogP contribution in [0, 0.1) is 0 Å². The van der Waals surface area contributed by atoms with Crippen molar-refractivity contribution in [3.63, 3.8) is 0 Å². The Morgan fingerprint density at radius 2 is 2.06 bits per heavy atom. The normalized spacial score (nSPS) is 13.4. The molecule has 0 saturated carbocycles. The monoisotopic (exact) mass is 238 g/mol. The minimum absolute atomic E-state index is 0.0620. The SMILES string of the molecule is CCC(Oc1ccc(CCO)cc1)/C(N)=N/O. The molecule has 17 heavy (non-hydrogen) atoms. The Kier molecular flexibility index (Phi) is 5.29. The third-order valence-corrected chi connectivity index (χ3v) is 2.42. The van der Waals surface area contributed by atoms with Gasteiger partial charge in [0.15, 0.2) is 11.9 Å². The molecule has 0 heterocycles. The molecule has 0 aliphatic heterocycles. The molecule has 1 unspecified atom stereocenters. The molecule has 0 aliphatic carbocycles. The Labute approximate surface area is 101 Å². The van der Waals surface area contributed by atoms with Crippen molar-refractivity contribution in [3.8, 4) is 5.75 Å². The third-order valence-electron chi connectivity index (χ3n) is 2.42. The van der Waals surface area contributed by atoms with Gasteiger partial charge in [0.1, 0.15) is 5.75 Å². The number of hydrogen-bond donors (Lipinski definition) is 3. The lowest BCUT2D eigenvalue weighted by Crippen LogP contribution is -2.33. The van der Waals surface area contributed by atoms with Gasteiger partial charge < -0.3 is 20.8 Å². The van der Waals surface area contributed by atoms with Gasteiger partial charge >= 0.3 is 0 Å². The maximum Gasteiger partial charge on any atom is 0.180 e. The summed E-state index contributed by atoms with van der Waals surface area (Å²) in [4.78, 5) is 0. The van der Waals surface area contributed by atoms with E-state index in [2.05, 4.69) is 5.16 Å². The van der Waals surface area contributed by atoms with Crippen LogP contribution < -0.4 is 10.5 Å². The van der Waals surface area contributed by atoms with Gasteiger partial charge in [-0.3, -0.25) is 0 Å². The van der Waals surface area contributed by atoms with Crippen molar-refractivity contribution in [2.75, 3.05) is 6.61 Å². The standard InChI is InChI=1S/C12H18N2O3/c1-2-11(12(13)14-16)17-10-5-3-9(4-6-10)7-8-15/h3-6,11,15-16H,2,7-8H2,1H3,(H2,13,14). The number of benzene rings is 1. The van der Waals surface area contributed by atoms with Crippen molar-refractivity contribution in [3.05, 3.63) is 29.8 Å². The van der Waals surface area contributed by atoms with Gasteiger partial charge in [0.05, 0.1) is 0 Å². The van der Waals surface area contributed by atoms with Gasteiger partial charge in [-0.2, -0.15) is 0 Å². The maximum atomic E-state index is 8.79. The van der Waals surface area contributed by atoms with E-state index >= 15 is 0 Å². The second-order valence-corrected chi connectivity index (χ2v) is 3.66. The van der Waals surface area contributed by atoms with E-state index in [0.29, 0.717) is 18.6 Å². The fraction of sp³-hybridized carbons (Fsp3) is 0.417. The van der Waals surface area contributed by atoms with Crippen molar-refractivity contribution < 1.29 is 15.1 Å². The number of aliphatic hydroxyl groups excluding tert-OH is 1. The first kappa shape index (κ1) is 13.3. The van der Waals surface area contributed by atoms with E-state index < -0.39 is 6.10 Å². The molecular weight excluding hydrogens is 220 g/mol. The molecule has 0 amide bonds. The molecule has 0 bridgehead atoms. The Bertz CT molecular complexity index is 363. The van der Waals surface area contributed by atoms with Crippen LogP contribution in [0.2, 0.25) is 0 Å². The summed E-state index contributed by atoms with van der Waals surface area (Å²) in [7, 11) is 0. The summed E-state index contributed by atoms with van der Waals surface area (Å²) in [5, 5.41) is 20.3. The first-order valence-corrected chi connectivity index (χ1v) is 5.55. The predicted molar refractivity (Wildman–Crippen MR) is 65.3 cm³/mol. The van der Waals surface area contributed by atoms with Gasteiger partial charge in [0.2, 0.25) is 0 Å². The van der Waals surface area contributed by atoms with E-state index in [4.69, 9.17) is 20.8 Å². The molecule has 0 aliphatic rings. The minimum atomic E-state index is -0.427. The van der Waals surface area contributed by atoms with Crippen LogP contribution in [0.4, 0.5) is 0 Å². The van der Waals surface area contributed by atoms with Crippen LogP contribution in [0.25, 0.3) is 0 Å². The highest BCUT2D eigenvalue weighted by atomic mass is 16.5. The van der Waals surface area contributed by atoms with Crippen LogP contribution in [0.1, 0.15) is 18.9 Å². The summed E-state index contributed by atoms with van der Waals surface area (Å²) in [6, 6.07) is 7.37. The number of nitrogens with zero attached hydrogens (tertiary/aromatic N) is 1. The summed E-state index contributed by atoms with van der Waals surface area (Å²) < 4.78 is 5.57. The summed E-state index contributed by atoms with van der Waals surface area (Å²) in [6.45, 7) is 2.02. The number of oxime groups is 1. The average molecular weight is 238 g/mol. The van der Waals surface area contributed by atoms with Crippen molar-refractivity contribution >= 4 is 5.84 Å². The minimum Gasteiger partial charge on any atom is -0.482 e. The molecule has 0 aromatic heterocycles. The molecule has 5 heteroatoms. The largest absolute Gasteiger partial charge is 0.482 e. The quantitative estimate of drug-likeness (QED) is 0.300. The van der Waals surface area contributed by atoms with Crippen LogP contribution in [-0.4, -0.2) is 28.9 Å². The van der Waals surface area contributed by atoms with Gasteiger partial charge in [-0.15, -0.1) is 0 Å². The second-order valence-electron chi connectivity index (χ2n) is 3.66. The number of ether oxygens (including phenoxy) is 1. The zero-order valence-corrected chi connectivity index (χ0v) is 9.84. The van der Waals surface area contributed by atoms with Crippen LogP contribution >= 0.6 is 0 Å². The second kappa shape index (κ2) is 6.75. The van der Waals surface area contributed by atoms with E-state index in [-0.39, 0.29) is 12.4 Å². The molecule has 1 aromatic rings. The lowest BCUT2D eigenvalue weighted by Gasteiger charge is -2.16. The van der Waals surface area contributed by atoms with Crippen LogP contribution in [-0.2, 0) is 6.42 Å². The Morgan fingerprint density at radius 3 is 2.53 bits per heavy atom. The number of rotatable bonds is 6. The zero-order chi connectivity index (χ0) is 12.7. The molecule has 4 N–H and O–H groups in total. The molecule has 1 atom stereocenters. The van der Waals surface area contributed by atoms with Crippen LogP contribution in [0.3, 0.4) is 0 Å². The predicted octanol–water partition coefficient (Wildman–Crippen LogP) is 1.13. The van der Waals surface area contributed by atoms with Crippen molar-refractivity contribution in [2.24, 2.45) is 10.9 Å². The molecule has 1 aromatic carbocycles. The maximum absolute atomic E-state index is 8.79. The number of amidine groups is 1. The zero-order valence-electron chi connectivity index (χ0n) is 9.84. The molecule has 0 radical (unpaired) electrons. The number of nitrogens with two attached hydrogens (primary N) is 1. The summed E-state index contributed by atoms with van der Waals surface area (Å²) in [6.07, 6.45) is 0.815. The average Bonchev–Trinajstić information content (AvgIpc) is 2.37. The lowest BCUT2D eigenvalue weighted by atomic mass is 10.1. The molecule has 0 saturated heterocycles. The van der Waals surface area contributed by atoms with Crippen LogP contribution in [0.15, 0.2) is 29.4 Å². The fourth-order valence-corrected chi connectivity index (χ4v) is 1.45. The lowest BCUT2D eigenvalue weighted by molar-refractivity contribution is 0.246. The molecule has 0 fully saturated rings. The molecule has 0 spiro atoms. The van der Waals surface area contributed by atoms with Gasteiger partial charge in [-0.05, 0) is 30.5 Å². The first-order valence-electron chi connectivity index (χ1n) is 5.55. The number of hydrogen-bond acceptors (Lipinski definition) is 4. The highest BCUT2D eigenvalue weighted by molar-refractivity contribution is 5.84. The van der Waals surface area contributed by atoms with Gasteiger partial charge in [0.25, 0.3) is 0 Å². The highest BCUT2D eigenvalue weighted by Gasteiger charge is 2.13. The van der Waals surface area contributed by atoms with Crippen molar-refractivity contribution in [2.45, 2.75) is 25.9 Å². The first-order chi connectivity index (χ1) is 8.21. The van der Waals surface area contributed by atoms with Crippen molar-refractivity contribution in [1.29, 1.82) is 0 Å². The molecular formula is C12H18N2O3. The fourth-order valence-electron chi connectivity index (χ4n) is 1.45. The summed E-state index contributed by atoms with van der Waals surface area (Å²) in [5.41, 5.74) is 6.53. The van der Waals surface area contributed by atoms with Gasteiger partial charge in [0, 0.05) is 6.61 Å². The van der Waals surface area contributed by atoms with E-state index in [1.807, 2.05) is 19.1 Å². The smallest absolute Gasteiger partial charge is 0.180 e. The molecule has 1 rings (SSSR count). The summed E-state index contributed by atoms with van der Waals surface area (Å²) in [5.74, 6) is 0.720. The number of aliphatic hydroxyl groups is 1. The topological polar surface area (TPSA) is 88.1 Å². The van der Waals surface area contributed by atoms with E-state index in [1.165, 1.54) is 0 Å². The van der Waals surface area contributed by atoms with Crippen LogP contribution in [0.5, 0.6) is 5.75 Å². The summed E-state index contributed by atoms with van der Waals surface area (Å²) >= 11 is 0. The molecule has 94 valence electrons. The van der Waals surface area contributed by atoms with Gasteiger partial charge in [-0.25, -0.2) is 0 Å².